The number of fused-ring (bicyclic) bond motifs is 1. The lowest BCUT2D eigenvalue weighted by Gasteiger charge is -2.27. The van der Waals surface area contributed by atoms with Crippen molar-refractivity contribution < 1.29 is 30.8 Å². The van der Waals surface area contributed by atoms with Gasteiger partial charge in [-0.05, 0) is 67.3 Å². The van der Waals surface area contributed by atoms with Gasteiger partial charge in [0, 0.05) is 30.4 Å². The van der Waals surface area contributed by atoms with Crippen LogP contribution in [-0.4, -0.2) is 47.4 Å². The number of benzene rings is 2. The van der Waals surface area contributed by atoms with Crippen LogP contribution in [0.3, 0.4) is 0 Å². The molecule has 2 aromatic carbocycles. The number of furan rings is 1. The Labute approximate surface area is 234 Å². The molecule has 212 valence electrons. The fraction of sp³-hybridized carbons (Fsp3) is 0.286. The molecule has 0 bridgehead atoms. The van der Waals surface area contributed by atoms with E-state index in [0.29, 0.717) is 42.2 Å². The molecule has 0 saturated carbocycles. The number of carbonyl (C=O) groups excluding carboxylic acids is 1. The number of rotatable bonds is 12. The fourth-order valence-corrected chi connectivity index (χ4v) is 6.38. The number of halogens is 1. The van der Waals surface area contributed by atoms with Crippen LogP contribution in [0.5, 0.6) is 0 Å². The van der Waals surface area contributed by atoms with Gasteiger partial charge >= 0.3 is 0 Å². The molecule has 0 aliphatic heterocycles. The molecule has 40 heavy (non-hydrogen) atoms. The molecule has 2 heterocycles. The smallest absolute Gasteiger partial charge is 0.255 e. The monoisotopic (exact) mass is 586 g/mol. The van der Waals surface area contributed by atoms with Crippen molar-refractivity contribution in [3.05, 3.63) is 77.6 Å². The summed E-state index contributed by atoms with van der Waals surface area (Å²) in [6.45, 7) is 1.92. The predicted octanol–water partition coefficient (Wildman–Crippen LogP) is 4.80. The van der Waals surface area contributed by atoms with Gasteiger partial charge in [0.25, 0.3) is 5.91 Å². The predicted molar refractivity (Wildman–Crippen MR) is 151 cm³/mol. The van der Waals surface area contributed by atoms with E-state index in [1.165, 1.54) is 31.3 Å². The van der Waals surface area contributed by atoms with Crippen LogP contribution in [0.25, 0.3) is 22.4 Å². The van der Waals surface area contributed by atoms with E-state index in [0.717, 1.165) is 4.31 Å². The van der Waals surface area contributed by atoms with E-state index in [1.807, 2.05) is 6.92 Å². The maximum absolute atomic E-state index is 13.5. The Morgan fingerprint density at radius 1 is 1.10 bits per heavy atom. The van der Waals surface area contributed by atoms with Crippen molar-refractivity contribution in [1.82, 2.24) is 10.3 Å². The van der Waals surface area contributed by atoms with Gasteiger partial charge in [-0.15, -0.1) is 0 Å². The first-order chi connectivity index (χ1) is 19.2. The molecule has 4 aromatic rings. The average molecular weight is 587 g/mol. The number of sulfone groups is 1. The van der Waals surface area contributed by atoms with Gasteiger partial charge in [0.15, 0.2) is 9.84 Å². The highest BCUT2D eigenvalue weighted by atomic mass is 32.2. The molecule has 12 heteroatoms. The maximum Gasteiger partial charge on any atom is 0.255 e. The van der Waals surface area contributed by atoms with Crippen molar-refractivity contribution in [2.45, 2.75) is 37.5 Å². The van der Waals surface area contributed by atoms with Crippen LogP contribution in [0, 0.1) is 5.82 Å². The molecule has 1 amide bonds. The SMILES string of the molecule is CCc1cc2c(C(=O)NC)c(-c3ccc(F)cc3)oc2nc1N(CCCCCS(=O)(=O)c1ccccc1)S(=O)[O-]. The number of amides is 1. The molecule has 1 unspecified atom stereocenters. The summed E-state index contributed by atoms with van der Waals surface area (Å²) >= 11 is -2.67. The zero-order chi connectivity index (χ0) is 28.9. The molecule has 2 aromatic heterocycles. The molecule has 0 aliphatic rings. The van der Waals surface area contributed by atoms with E-state index in [1.54, 1.807) is 36.4 Å². The summed E-state index contributed by atoms with van der Waals surface area (Å²) in [6.07, 6.45) is 1.69. The molecule has 0 spiro atoms. The molecular weight excluding hydrogens is 557 g/mol. The molecule has 1 atom stereocenters. The largest absolute Gasteiger partial charge is 0.755 e. The van der Waals surface area contributed by atoms with E-state index in [2.05, 4.69) is 10.3 Å². The first-order valence-corrected chi connectivity index (χ1v) is 15.4. The Balaban J connectivity index is 1.59. The number of anilines is 1. The van der Waals surface area contributed by atoms with Gasteiger partial charge in [0.1, 0.15) is 17.4 Å². The van der Waals surface area contributed by atoms with Gasteiger partial charge in [-0.2, -0.15) is 4.98 Å². The summed E-state index contributed by atoms with van der Waals surface area (Å²) in [6, 6.07) is 15.3. The highest BCUT2D eigenvalue weighted by molar-refractivity contribution is 7.91. The highest BCUT2D eigenvalue weighted by Crippen LogP contribution is 2.36. The lowest BCUT2D eigenvalue weighted by atomic mass is 10.0. The summed E-state index contributed by atoms with van der Waals surface area (Å²) in [5.41, 5.74) is 1.33. The van der Waals surface area contributed by atoms with Crippen LogP contribution in [0.4, 0.5) is 10.2 Å². The minimum atomic E-state index is -3.41. The summed E-state index contributed by atoms with van der Waals surface area (Å²) in [5, 5.41) is 2.99. The molecule has 4 rings (SSSR count). The number of aromatic nitrogens is 1. The summed E-state index contributed by atoms with van der Waals surface area (Å²) in [4.78, 5) is 17.6. The van der Waals surface area contributed by atoms with E-state index in [4.69, 9.17) is 4.42 Å². The van der Waals surface area contributed by atoms with Crippen LogP contribution in [0.1, 0.15) is 42.1 Å². The Bertz CT molecular complexity index is 1620. The van der Waals surface area contributed by atoms with Crippen molar-refractivity contribution in [2.75, 3.05) is 23.7 Å². The zero-order valence-corrected chi connectivity index (χ0v) is 23.7. The van der Waals surface area contributed by atoms with Crippen LogP contribution in [-0.2, 0) is 27.5 Å². The van der Waals surface area contributed by atoms with Crippen molar-refractivity contribution in [3.8, 4) is 11.3 Å². The topological polar surface area (TPSA) is 133 Å². The van der Waals surface area contributed by atoms with Crippen molar-refractivity contribution in [3.63, 3.8) is 0 Å². The van der Waals surface area contributed by atoms with Gasteiger partial charge in [-0.3, -0.25) is 13.3 Å². The van der Waals surface area contributed by atoms with Crippen LogP contribution >= 0.6 is 0 Å². The van der Waals surface area contributed by atoms with E-state index >= 15 is 0 Å². The number of pyridine rings is 1. The summed E-state index contributed by atoms with van der Waals surface area (Å²) in [7, 11) is -1.94. The molecule has 0 radical (unpaired) electrons. The fourth-order valence-electron chi connectivity index (χ4n) is 4.41. The van der Waals surface area contributed by atoms with E-state index in [9.17, 15) is 26.4 Å². The molecule has 9 nitrogen and oxygen atoms in total. The number of unbranched alkanes of at least 4 members (excludes halogenated alkanes) is 2. The quantitative estimate of drug-likeness (QED) is 0.186. The second-order valence-corrected chi connectivity index (χ2v) is 12.1. The number of nitrogens with one attached hydrogen (secondary N) is 1. The van der Waals surface area contributed by atoms with Crippen LogP contribution < -0.4 is 9.62 Å². The first-order valence-electron chi connectivity index (χ1n) is 12.8. The summed E-state index contributed by atoms with van der Waals surface area (Å²) in [5.74, 6) is -0.549. The Kier molecular flexibility index (Phi) is 9.33. The standard InChI is InChI=1S/C28H30FN3O6S2/c1-3-19-18-23-24(27(33)30-2)25(20-12-14-21(29)15-13-20)38-28(23)31-26(19)32(39(34)35)16-8-5-9-17-40(36,37)22-10-6-4-7-11-22/h4,6-7,10-15,18H,3,5,8-9,16-17H2,1-2H3,(H,30,33)(H,34,35)/p-1. The highest BCUT2D eigenvalue weighted by Gasteiger charge is 2.25. The molecule has 1 N–H and O–H groups in total. The lowest BCUT2D eigenvalue weighted by Crippen LogP contribution is -2.28. The normalized spacial score (nSPS) is 12.4. The zero-order valence-electron chi connectivity index (χ0n) is 22.1. The Morgan fingerprint density at radius 2 is 1.80 bits per heavy atom. The number of nitrogens with zero attached hydrogens (tertiary/aromatic N) is 2. The van der Waals surface area contributed by atoms with E-state index in [-0.39, 0.29) is 40.0 Å². The third kappa shape index (κ3) is 6.40. The summed E-state index contributed by atoms with van der Waals surface area (Å²) < 4.78 is 70.1. The first kappa shape index (κ1) is 29.4. The van der Waals surface area contributed by atoms with Gasteiger partial charge in [-0.1, -0.05) is 31.5 Å². The van der Waals surface area contributed by atoms with Gasteiger partial charge in [0.2, 0.25) is 5.71 Å². The lowest BCUT2D eigenvalue weighted by molar-refractivity contribution is 0.0964. The van der Waals surface area contributed by atoms with E-state index < -0.39 is 32.8 Å². The average Bonchev–Trinajstić information content (AvgIpc) is 3.32. The van der Waals surface area contributed by atoms with Gasteiger partial charge in [-0.25, -0.2) is 12.8 Å². The number of hydrogen-bond acceptors (Lipinski definition) is 7. The third-order valence-corrected chi connectivity index (χ3v) is 9.00. The second-order valence-electron chi connectivity index (χ2n) is 9.08. The van der Waals surface area contributed by atoms with Crippen molar-refractivity contribution in [1.29, 1.82) is 0 Å². The molecular formula is C28H29FN3O6S2-. The minimum Gasteiger partial charge on any atom is -0.755 e. The number of aryl methyl sites for hydroxylation is 1. The van der Waals surface area contributed by atoms with Crippen LogP contribution in [0.2, 0.25) is 0 Å². The number of hydrogen-bond donors (Lipinski definition) is 1. The van der Waals surface area contributed by atoms with Crippen LogP contribution in [0.15, 0.2) is 70.0 Å². The van der Waals surface area contributed by atoms with Gasteiger partial charge in [0.05, 0.1) is 21.6 Å². The number of carbonyl (C=O) groups is 1. The maximum atomic E-state index is 13.5. The third-order valence-electron chi connectivity index (χ3n) is 6.47. The minimum absolute atomic E-state index is 0.0390. The van der Waals surface area contributed by atoms with Crippen molar-refractivity contribution in [2.24, 2.45) is 0 Å². The molecule has 0 saturated heterocycles. The Morgan fingerprint density at radius 3 is 2.42 bits per heavy atom. The Hall–Kier alpha value is -3.61. The second kappa shape index (κ2) is 12.7. The van der Waals surface area contributed by atoms with Gasteiger partial charge < -0.3 is 14.3 Å². The van der Waals surface area contributed by atoms with Crippen molar-refractivity contribution >= 4 is 43.9 Å². The molecule has 0 aliphatic carbocycles. The molecule has 0 fully saturated rings.